The van der Waals surface area contributed by atoms with Crippen LogP contribution in [0.25, 0.3) is 0 Å². The Morgan fingerprint density at radius 2 is 1.82 bits per heavy atom. The largest absolute Gasteiger partial charge is 0.391 e. The first-order chi connectivity index (χ1) is 16.1. The molecule has 0 saturated carbocycles. The second-order valence-corrected chi connectivity index (χ2v) is 9.03. The molecule has 0 spiro atoms. The van der Waals surface area contributed by atoms with Gasteiger partial charge < -0.3 is 20.2 Å². The summed E-state index contributed by atoms with van der Waals surface area (Å²) in [6.45, 7) is 3.17. The zero-order chi connectivity index (χ0) is 23.0. The van der Waals surface area contributed by atoms with Crippen LogP contribution in [0.15, 0.2) is 42.7 Å². The van der Waals surface area contributed by atoms with E-state index in [0.717, 1.165) is 49.9 Å². The Morgan fingerprint density at radius 3 is 2.64 bits per heavy atom. The van der Waals surface area contributed by atoms with Gasteiger partial charge in [0, 0.05) is 49.8 Å². The Balaban J connectivity index is 1.66. The van der Waals surface area contributed by atoms with Crippen LogP contribution in [0.2, 0.25) is 0 Å². The molecule has 2 N–H and O–H groups in total. The van der Waals surface area contributed by atoms with Crippen LogP contribution in [0.3, 0.4) is 0 Å². The number of fused-ring (bicyclic) bond motifs is 1. The fraction of sp³-hybridized carbons (Fsp3) is 0.500. The van der Waals surface area contributed by atoms with Crippen molar-refractivity contribution in [1.82, 2.24) is 15.2 Å². The summed E-state index contributed by atoms with van der Waals surface area (Å²) < 4.78 is 0. The molecule has 2 aliphatic rings. The molecule has 2 amide bonds. The Morgan fingerprint density at radius 1 is 0.970 bits per heavy atom. The topological polar surface area (TPSA) is 85.8 Å². The fourth-order valence-electron chi connectivity index (χ4n) is 4.70. The maximum absolute atomic E-state index is 13.4. The Bertz CT molecular complexity index is 950. The summed E-state index contributed by atoms with van der Waals surface area (Å²) in [5.41, 5.74) is 2.94. The molecular weight excluding hydrogens is 416 g/mol. The number of hydrogen-bond donors (Lipinski definition) is 2. The number of carbonyl (C=O) groups excluding carboxylic acids is 2. The highest BCUT2D eigenvalue weighted by Gasteiger charge is 2.25. The number of carbonyl (C=O) groups is 2. The molecule has 1 fully saturated rings. The molecular formula is C26H34N4O3. The molecule has 0 aliphatic carbocycles. The van der Waals surface area contributed by atoms with Crippen LogP contribution < -0.4 is 10.2 Å². The first-order valence-electron chi connectivity index (χ1n) is 12.2. The van der Waals surface area contributed by atoms with Gasteiger partial charge in [0.2, 0.25) is 0 Å². The van der Waals surface area contributed by atoms with Crippen LogP contribution in [0.5, 0.6) is 0 Å². The zero-order valence-electron chi connectivity index (χ0n) is 19.2. The lowest BCUT2D eigenvalue weighted by atomic mass is 10.0. The van der Waals surface area contributed by atoms with Crippen molar-refractivity contribution in [3.63, 3.8) is 0 Å². The molecule has 33 heavy (non-hydrogen) atoms. The number of aromatic nitrogens is 1. The number of rotatable bonds is 2. The molecule has 2 aliphatic heterocycles. The number of piperidine rings is 1. The molecule has 1 aromatic heterocycles. The summed E-state index contributed by atoms with van der Waals surface area (Å²) in [5, 5.41) is 13.5. The van der Waals surface area contributed by atoms with Gasteiger partial charge in [0.15, 0.2) is 0 Å². The van der Waals surface area contributed by atoms with E-state index in [1.165, 1.54) is 12.8 Å². The summed E-state index contributed by atoms with van der Waals surface area (Å²) in [6.07, 6.45) is 9.85. The van der Waals surface area contributed by atoms with Crippen LogP contribution in [0.1, 0.15) is 71.2 Å². The van der Waals surface area contributed by atoms with Crippen LogP contribution in [-0.2, 0) is 6.54 Å². The molecule has 176 valence electrons. The summed E-state index contributed by atoms with van der Waals surface area (Å²) in [4.78, 5) is 34.3. The first kappa shape index (κ1) is 23.4. The van der Waals surface area contributed by atoms with Gasteiger partial charge in [-0.3, -0.25) is 14.6 Å². The minimum absolute atomic E-state index is 0.0622. The summed E-state index contributed by atoms with van der Waals surface area (Å²) >= 11 is 0. The lowest BCUT2D eigenvalue weighted by Crippen LogP contribution is -2.42. The number of nitrogens with one attached hydrogen (secondary N) is 1. The predicted octanol–water partition coefficient (Wildman–Crippen LogP) is 3.38. The van der Waals surface area contributed by atoms with E-state index < -0.39 is 6.10 Å². The fourth-order valence-corrected chi connectivity index (χ4v) is 4.70. The van der Waals surface area contributed by atoms with Crippen molar-refractivity contribution in [2.45, 2.75) is 57.6 Å². The summed E-state index contributed by atoms with van der Waals surface area (Å²) in [5.74, 6) is -0.132. The van der Waals surface area contributed by atoms with E-state index in [-0.39, 0.29) is 11.8 Å². The monoisotopic (exact) mass is 450 g/mol. The van der Waals surface area contributed by atoms with Gasteiger partial charge in [-0.2, -0.15) is 0 Å². The van der Waals surface area contributed by atoms with Crippen molar-refractivity contribution >= 4 is 17.5 Å². The van der Waals surface area contributed by atoms with Crippen LogP contribution in [-0.4, -0.2) is 59.1 Å². The normalized spacial score (nSPS) is 20.3. The first-order valence-corrected chi connectivity index (χ1v) is 12.2. The van der Waals surface area contributed by atoms with E-state index in [1.54, 1.807) is 29.4 Å². The predicted molar refractivity (Wildman–Crippen MR) is 128 cm³/mol. The van der Waals surface area contributed by atoms with Crippen LogP contribution in [0.4, 0.5) is 5.69 Å². The molecule has 4 rings (SSSR count). The molecule has 1 saturated heterocycles. The van der Waals surface area contributed by atoms with E-state index in [1.807, 2.05) is 23.1 Å². The summed E-state index contributed by atoms with van der Waals surface area (Å²) in [7, 11) is 0. The SMILES string of the molecule is O=C(c1ccc2c(c1)CNCCCCCCCN2C(=O)c1cccnc1)N1CCCC(O)C1. The van der Waals surface area contributed by atoms with Crippen molar-refractivity contribution in [3.05, 3.63) is 59.4 Å². The Hall–Kier alpha value is -2.77. The minimum Gasteiger partial charge on any atom is -0.391 e. The zero-order valence-corrected chi connectivity index (χ0v) is 19.2. The third-order valence-electron chi connectivity index (χ3n) is 6.51. The number of β-amino-alcohol motifs (C(OH)–C–C–N with tert-alkyl or cyclic N) is 1. The Kier molecular flexibility index (Phi) is 8.07. The number of anilines is 1. The average Bonchev–Trinajstić information content (AvgIpc) is 2.84. The molecule has 1 unspecified atom stereocenters. The van der Waals surface area contributed by atoms with E-state index >= 15 is 0 Å². The highest BCUT2D eigenvalue weighted by atomic mass is 16.3. The number of hydrogen-bond acceptors (Lipinski definition) is 5. The molecule has 2 aromatic rings. The van der Waals surface area contributed by atoms with Crippen LogP contribution in [0, 0.1) is 0 Å². The number of amides is 2. The number of nitrogens with zero attached hydrogens (tertiary/aromatic N) is 3. The second kappa shape index (κ2) is 11.4. The van der Waals surface area contributed by atoms with Gasteiger partial charge in [-0.1, -0.05) is 19.3 Å². The maximum atomic E-state index is 13.4. The van der Waals surface area contributed by atoms with Crippen molar-refractivity contribution in [2.75, 3.05) is 31.1 Å². The molecule has 7 nitrogen and oxygen atoms in total. The minimum atomic E-state index is -0.457. The highest BCUT2D eigenvalue weighted by molar-refractivity contribution is 6.06. The Labute approximate surface area is 195 Å². The number of pyridine rings is 1. The molecule has 0 bridgehead atoms. The van der Waals surface area contributed by atoms with E-state index in [4.69, 9.17) is 0 Å². The van der Waals surface area contributed by atoms with Gasteiger partial charge in [0.25, 0.3) is 11.8 Å². The maximum Gasteiger partial charge on any atom is 0.259 e. The molecule has 7 heteroatoms. The number of aliphatic hydroxyl groups excluding tert-OH is 1. The quantitative estimate of drug-likeness (QED) is 0.733. The standard InChI is InChI=1S/C26H34N4O3/c31-23-9-7-14-29(19-23)25(32)20-10-11-24-22(16-20)18-27-12-4-2-1-3-5-15-30(24)26(33)21-8-6-13-28-17-21/h6,8,10-11,13,16-17,23,27,31H,1-5,7,9,12,14-15,18-19H2. The lowest BCUT2D eigenvalue weighted by Gasteiger charge is -2.31. The third kappa shape index (κ3) is 5.97. The van der Waals surface area contributed by atoms with E-state index in [2.05, 4.69) is 10.3 Å². The van der Waals surface area contributed by atoms with Gasteiger partial charge in [-0.05, 0) is 68.1 Å². The van der Waals surface area contributed by atoms with Crippen LogP contribution >= 0.6 is 0 Å². The molecule has 3 heterocycles. The van der Waals surface area contributed by atoms with Crippen molar-refractivity contribution in [1.29, 1.82) is 0 Å². The number of likely N-dealkylation sites (tertiary alicyclic amines) is 1. The molecule has 1 aromatic carbocycles. The smallest absolute Gasteiger partial charge is 0.259 e. The van der Waals surface area contributed by atoms with Gasteiger partial charge in [-0.25, -0.2) is 0 Å². The van der Waals surface area contributed by atoms with Gasteiger partial charge in [-0.15, -0.1) is 0 Å². The van der Waals surface area contributed by atoms with Crippen molar-refractivity contribution in [2.24, 2.45) is 0 Å². The van der Waals surface area contributed by atoms with Gasteiger partial charge in [0.1, 0.15) is 0 Å². The second-order valence-electron chi connectivity index (χ2n) is 9.03. The number of benzene rings is 1. The van der Waals surface area contributed by atoms with E-state index in [9.17, 15) is 14.7 Å². The summed E-state index contributed by atoms with van der Waals surface area (Å²) in [6, 6.07) is 9.22. The molecule has 1 atom stereocenters. The highest BCUT2D eigenvalue weighted by Crippen LogP contribution is 2.26. The average molecular weight is 451 g/mol. The lowest BCUT2D eigenvalue weighted by molar-refractivity contribution is 0.0473. The third-order valence-corrected chi connectivity index (χ3v) is 6.51. The van der Waals surface area contributed by atoms with E-state index in [0.29, 0.717) is 37.3 Å². The number of aliphatic hydroxyl groups is 1. The molecule has 0 radical (unpaired) electrons. The van der Waals surface area contributed by atoms with Crippen molar-refractivity contribution in [3.8, 4) is 0 Å². The van der Waals surface area contributed by atoms with Crippen molar-refractivity contribution < 1.29 is 14.7 Å². The van der Waals surface area contributed by atoms with Gasteiger partial charge in [0.05, 0.1) is 11.7 Å². The van der Waals surface area contributed by atoms with Gasteiger partial charge >= 0.3 is 0 Å².